The van der Waals surface area contributed by atoms with Crippen molar-refractivity contribution in [1.29, 1.82) is 0 Å². The Morgan fingerprint density at radius 3 is 0.714 bits per heavy atom. The topological polar surface area (TPSA) is 604 Å². The molecule has 0 aliphatic heterocycles. The first-order valence-electron chi connectivity index (χ1n) is 9.67. The fourth-order valence-corrected chi connectivity index (χ4v) is 61.6. The summed E-state index contributed by atoms with van der Waals surface area (Å²) in [6, 6.07) is 0. The van der Waals surface area contributed by atoms with Crippen molar-refractivity contribution in [3.8, 4) is 0 Å². The normalized spacial score (nSPS) is 15.3. The van der Waals surface area contributed by atoms with Crippen molar-refractivity contribution in [3.63, 3.8) is 0 Å². The van der Waals surface area contributed by atoms with Crippen LogP contribution in [-0.4, -0.2) is 13.5 Å². The van der Waals surface area contributed by atoms with E-state index in [4.69, 9.17) is 7.52 Å². The Balaban J connectivity index is 7.03. The molecule has 56 heavy (non-hydrogen) atoms. The maximum atomic E-state index is 12.9. The molecule has 0 spiro atoms. The van der Waals surface area contributed by atoms with Crippen molar-refractivity contribution in [1.82, 2.24) is 0 Å². The molecule has 0 aromatic heterocycles. The first-order chi connectivity index (χ1) is 23.9. The molecular weight excluding hydrogens is 1860 g/mol. The van der Waals surface area contributed by atoms with Crippen LogP contribution in [0.4, 0.5) is 0 Å². The minimum absolute atomic E-state index is 0.300. The first kappa shape index (κ1) is 58.6. The van der Waals surface area contributed by atoms with Gasteiger partial charge in [-0.15, -0.1) is 0 Å². The second kappa shape index (κ2) is 19.8. The van der Waals surface area contributed by atoms with Gasteiger partial charge in [0.2, 0.25) is 0 Å². The molecular formula is C2H5Mo12O41P. The molecule has 0 bridgehead atoms. The first-order valence-corrected chi connectivity index (χ1v) is 50.6. The van der Waals surface area contributed by atoms with Gasteiger partial charge in [0.25, 0.3) is 0 Å². The molecule has 0 atom stereocenters. The number of phosphoric acid groups is 1. The molecule has 0 fully saturated rings. The van der Waals surface area contributed by atoms with E-state index in [2.05, 4.69) is 31.3 Å². The van der Waals surface area contributed by atoms with Crippen LogP contribution in [0, 0.1) is 0 Å². The Labute approximate surface area is 345 Å². The third-order valence-electron chi connectivity index (χ3n) is 2.27. The van der Waals surface area contributed by atoms with Crippen molar-refractivity contribution in [3.05, 3.63) is 0 Å². The summed E-state index contributed by atoms with van der Waals surface area (Å²) in [6.07, 6.45) is 0. The number of carbonyl (C=O) groups is 1. The van der Waals surface area contributed by atoms with E-state index in [1.54, 1.807) is 0 Å². The monoisotopic (exact) mass is 1890 g/mol. The molecule has 0 rings (SSSR count). The van der Waals surface area contributed by atoms with Crippen LogP contribution >= 0.6 is 7.82 Å². The van der Waals surface area contributed by atoms with Gasteiger partial charge in [-0.3, -0.25) is 0 Å². The molecule has 54 heteroatoms. The zero-order chi connectivity index (χ0) is 45.3. The molecule has 41 nitrogen and oxygen atoms in total. The van der Waals surface area contributed by atoms with E-state index >= 15 is 0 Å². The summed E-state index contributed by atoms with van der Waals surface area (Å²) >= 11 is -97.8. The van der Waals surface area contributed by atoms with E-state index in [0.717, 1.165) is 0 Å². The molecule has 0 aromatic rings. The van der Waals surface area contributed by atoms with Gasteiger partial charge in [0.15, 0.2) is 0 Å². The van der Waals surface area contributed by atoms with Gasteiger partial charge in [-0.05, 0) is 0 Å². The van der Waals surface area contributed by atoms with Gasteiger partial charge in [-0.1, -0.05) is 0 Å². The molecule has 2 N–H and O–H groups in total. The Kier molecular flexibility index (Phi) is 20.7. The molecule has 0 aromatic carbocycles. The van der Waals surface area contributed by atoms with Crippen molar-refractivity contribution in [2.45, 2.75) is 6.92 Å². The van der Waals surface area contributed by atoms with Gasteiger partial charge < -0.3 is 0 Å². The van der Waals surface area contributed by atoms with Crippen LogP contribution in [0.5, 0.6) is 0 Å². The van der Waals surface area contributed by atoms with E-state index in [1.807, 2.05) is 0 Å². The van der Waals surface area contributed by atoms with Crippen LogP contribution in [0.2, 0.25) is 0 Å². The average molecular weight is 1870 g/mol. The zero-order valence-corrected chi connectivity index (χ0v) is 48.6. The summed E-state index contributed by atoms with van der Waals surface area (Å²) in [5.74, 6) is -1.83. The van der Waals surface area contributed by atoms with Gasteiger partial charge in [0.1, 0.15) is 0 Å². The quantitative estimate of drug-likeness (QED) is 0.0649. The Morgan fingerprint density at radius 1 is 0.339 bits per heavy atom. The zero-order valence-electron chi connectivity index (χ0n) is 23.7. The molecule has 0 unspecified atom stereocenters. The minimum atomic E-state index is -8.85. The molecule has 0 amide bonds. The van der Waals surface area contributed by atoms with Crippen LogP contribution in [-0.2, 0) is 323 Å². The number of hydrogen-bond donors (Lipinski definition) is 2. The molecule has 0 saturated heterocycles. The second-order valence-corrected chi connectivity index (χ2v) is 56.9. The Bertz CT molecular complexity index is 2830. The molecule has 0 radical (unpaired) electrons. The standard InChI is InChI=1S/C2H4O2.12Mo.H3O4P.2H2O.33O/c1-2(3)4;;;;;;;;;;;;;1-5(2,3)4;;;;;;;;;;;;;;;;;;;;;;;;;;;;;;;;;;;/h1H3,(H,3,4);;;;;;;;;;;;;(H3,1,2,3,4);2*1H2;;;;;;;;;;;;;;;;;;;;;;;;;;;;;;;;;/q;;;;;;;6*+1;;;;;;;;;;;;;;;;;;;;;;;;;;;;;;;;;;;;/p-6. The molecule has 0 aliphatic rings. The SMILES string of the molecule is CC(=O)[O][Mo](=[O])(=[O])[O][Mo](=[O])(=[O])[O][Mo](=[O])(=[O])[O][Mo](=[O])(=[O])[O]P(=O)([O][Mo](=[O])(=[O])[O][Mo](=[O])(=[O])[O][Mo](=[O])(=[O])[O][Mo](=[O])(=[O])[OH])[O][Mo](=[O])(=[O])[O][Mo](=[O])(=[O])[O][Mo](=[O])(=[O])[O][Mo](=[O])(=[O])[OH]. The van der Waals surface area contributed by atoms with Crippen molar-refractivity contribution >= 4 is 13.8 Å². The van der Waals surface area contributed by atoms with Crippen LogP contribution < -0.4 is 0 Å². The van der Waals surface area contributed by atoms with Crippen molar-refractivity contribution in [2.75, 3.05) is 0 Å². The third kappa shape index (κ3) is 27.6. The Morgan fingerprint density at radius 2 is 0.518 bits per heavy atom. The van der Waals surface area contributed by atoms with E-state index in [1.165, 1.54) is 0 Å². The van der Waals surface area contributed by atoms with Crippen molar-refractivity contribution < 1.29 is 331 Å². The van der Waals surface area contributed by atoms with Crippen LogP contribution in [0.1, 0.15) is 6.92 Å². The summed E-state index contributed by atoms with van der Waals surface area (Å²) in [4.78, 5) is 10.7. The van der Waals surface area contributed by atoms with E-state index in [0.29, 0.717) is 6.92 Å². The number of rotatable bonds is 25. The summed E-state index contributed by atoms with van der Waals surface area (Å²) in [5, 5.41) is 0. The van der Waals surface area contributed by atoms with E-state index in [9.17, 15) is 90.9 Å². The molecule has 0 heterocycles. The van der Waals surface area contributed by atoms with Gasteiger partial charge in [0, 0.05) is 0 Å². The fourth-order valence-electron chi connectivity index (χ4n) is 1.56. The summed E-state index contributed by atoms with van der Waals surface area (Å²) in [6.45, 7) is 0.300. The van der Waals surface area contributed by atoms with Gasteiger partial charge in [-0.2, -0.15) is 0 Å². The Hall–Kier alpha value is 2.60. The molecule has 0 aliphatic carbocycles. The summed E-state index contributed by atoms with van der Waals surface area (Å²) in [5.41, 5.74) is 0. The van der Waals surface area contributed by atoms with Crippen LogP contribution in [0.15, 0.2) is 0 Å². The second-order valence-electron chi connectivity index (χ2n) is 6.80. The predicted octanol–water partition coefficient (Wildman–Crippen LogP) is -4.06. The van der Waals surface area contributed by atoms with Gasteiger partial charge in [0.05, 0.1) is 0 Å². The van der Waals surface area contributed by atoms with Crippen LogP contribution in [0.3, 0.4) is 0 Å². The average Bonchev–Trinajstić information content (AvgIpc) is 2.64. The van der Waals surface area contributed by atoms with Crippen molar-refractivity contribution in [2.24, 2.45) is 0 Å². The molecule has 336 valence electrons. The number of carbonyl (C=O) groups excluding carboxylic acids is 1. The fraction of sp³-hybridized carbons (Fsp3) is 0.500. The van der Waals surface area contributed by atoms with E-state index in [-0.39, 0.29) is 0 Å². The number of hydrogen-bond acceptors (Lipinski definition) is 39. The van der Waals surface area contributed by atoms with E-state index < -0.39 is 215 Å². The maximum absolute atomic E-state index is 12.9. The molecule has 0 saturated carbocycles. The van der Waals surface area contributed by atoms with Gasteiger partial charge >= 0.3 is 351 Å². The van der Waals surface area contributed by atoms with Gasteiger partial charge in [-0.25, -0.2) is 0 Å². The predicted molar refractivity (Wildman–Crippen MR) is 53.3 cm³/mol. The summed E-state index contributed by atoms with van der Waals surface area (Å²) < 4.78 is 346. The summed E-state index contributed by atoms with van der Waals surface area (Å²) in [7, 11) is -7.94. The third-order valence-corrected chi connectivity index (χ3v) is 63.7. The van der Waals surface area contributed by atoms with Crippen LogP contribution in [0.25, 0.3) is 0 Å².